The van der Waals surface area contributed by atoms with Gasteiger partial charge in [0.15, 0.2) is 0 Å². The number of benzene rings is 1. The van der Waals surface area contributed by atoms with E-state index >= 15 is 0 Å². The standard InChI is InChI=1S/C10H10ClFN2O2/c1-7(11)5-13-6-8-2-9(12)4-10(3-8)14(15)16/h2-4,13H,1,5-6H2. The molecule has 1 N–H and O–H groups in total. The van der Waals surface area contributed by atoms with Gasteiger partial charge in [-0.25, -0.2) is 4.39 Å². The first kappa shape index (κ1) is 12.6. The topological polar surface area (TPSA) is 55.2 Å². The van der Waals surface area contributed by atoms with Crippen molar-refractivity contribution >= 4 is 17.3 Å². The normalized spacial score (nSPS) is 10.1. The number of rotatable bonds is 5. The first-order valence-electron chi connectivity index (χ1n) is 4.47. The van der Waals surface area contributed by atoms with Gasteiger partial charge >= 0.3 is 0 Å². The Hall–Kier alpha value is -1.46. The number of hydrogen-bond donors (Lipinski definition) is 1. The van der Waals surface area contributed by atoms with Crippen molar-refractivity contribution in [1.82, 2.24) is 5.32 Å². The van der Waals surface area contributed by atoms with E-state index < -0.39 is 10.7 Å². The van der Waals surface area contributed by atoms with Gasteiger partial charge in [-0.3, -0.25) is 10.1 Å². The lowest BCUT2D eigenvalue weighted by Crippen LogP contribution is -2.14. The van der Waals surface area contributed by atoms with Gasteiger partial charge in [0.05, 0.1) is 11.0 Å². The van der Waals surface area contributed by atoms with Crippen molar-refractivity contribution < 1.29 is 9.31 Å². The molecule has 1 rings (SSSR count). The summed E-state index contributed by atoms with van der Waals surface area (Å²) < 4.78 is 13.0. The second kappa shape index (κ2) is 5.58. The van der Waals surface area contributed by atoms with Crippen LogP contribution < -0.4 is 5.32 Å². The van der Waals surface area contributed by atoms with Crippen LogP contribution in [-0.4, -0.2) is 11.5 Å². The maximum Gasteiger partial charge on any atom is 0.272 e. The van der Waals surface area contributed by atoms with Gasteiger partial charge in [-0.1, -0.05) is 18.2 Å². The highest BCUT2D eigenvalue weighted by Crippen LogP contribution is 2.16. The second-order valence-electron chi connectivity index (χ2n) is 3.20. The molecular weight excluding hydrogens is 235 g/mol. The van der Waals surface area contributed by atoms with Gasteiger partial charge in [0.1, 0.15) is 5.82 Å². The second-order valence-corrected chi connectivity index (χ2v) is 3.73. The third-order valence-corrected chi connectivity index (χ3v) is 1.93. The molecule has 0 aromatic heterocycles. The van der Waals surface area contributed by atoms with Crippen LogP contribution in [0.2, 0.25) is 0 Å². The van der Waals surface area contributed by atoms with Gasteiger partial charge in [0, 0.05) is 24.2 Å². The molecule has 0 fully saturated rings. The number of nitro groups is 1. The van der Waals surface area contributed by atoms with Gasteiger partial charge in [0.2, 0.25) is 0 Å². The molecule has 1 aromatic carbocycles. The zero-order chi connectivity index (χ0) is 12.1. The number of halogens is 2. The summed E-state index contributed by atoms with van der Waals surface area (Å²) in [5.74, 6) is -0.629. The number of non-ortho nitro benzene ring substituents is 1. The quantitative estimate of drug-likeness (QED) is 0.640. The molecule has 6 heteroatoms. The lowest BCUT2D eigenvalue weighted by molar-refractivity contribution is -0.385. The minimum absolute atomic E-state index is 0.262. The fraction of sp³-hybridized carbons (Fsp3) is 0.200. The Morgan fingerprint density at radius 1 is 1.56 bits per heavy atom. The average Bonchev–Trinajstić information content (AvgIpc) is 2.16. The molecule has 0 radical (unpaired) electrons. The van der Waals surface area contributed by atoms with Crippen LogP contribution in [0.25, 0.3) is 0 Å². The lowest BCUT2D eigenvalue weighted by atomic mass is 10.2. The Kier molecular flexibility index (Phi) is 4.39. The SMILES string of the molecule is C=C(Cl)CNCc1cc(F)cc([N+](=O)[O-])c1. The van der Waals surface area contributed by atoms with E-state index in [1.165, 1.54) is 12.1 Å². The summed E-state index contributed by atoms with van der Waals surface area (Å²) in [6.45, 7) is 4.13. The van der Waals surface area contributed by atoms with Crippen molar-refractivity contribution in [2.45, 2.75) is 6.54 Å². The summed E-state index contributed by atoms with van der Waals surface area (Å²) in [6, 6.07) is 3.42. The van der Waals surface area contributed by atoms with Crippen LogP contribution in [0.1, 0.15) is 5.56 Å². The zero-order valence-corrected chi connectivity index (χ0v) is 9.13. The Labute approximate surface area is 96.9 Å². The van der Waals surface area contributed by atoms with E-state index in [0.29, 0.717) is 23.7 Å². The van der Waals surface area contributed by atoms with Crippen molar-refractivity contribution in [2.75, 3.05) is 6.54 Å². The number of hydrogen-bond acceptors (Lipinski definition) is 3. The van der Waals surface area contributed by atoms with Crippen LogP contribution in [-0.2, 0) is 6.54 Å². The molecular formula is C10H10ClFN2O2. The molecule has 0 unspecified atom stereocenters. The van der Waals surface area contributed by atoms with Crippen LogP contribution >= 0.6 is 11.6 Å². The molecule has 0 bridgehead atoms. The van der Waals surface area contributed by atoms with Gasteiger partial charge < -0.3 is 5.32 Å². The molecule has 0 aliphatic rings. The average molecular weight is 245 g/mol. The zero-order valence-electron chi connectivity index (χ0n) is 8.37. The Morgan fingerprint density at radius 3 is 2.81 bits per heavy atom. The molecule has 1 aromatic rings. The molecule has 4 nitrogen and oxygen atoms in total. The number of nitrogens with zero attached hydrogens (tertiary/aromatic N) is 1. The number of nitrogens with one attached hydrogen (secondary N) is 1. The molecule has 0 amide bonds. The van der Waals surface area contributed by atoms with Crippen molar-refractivity contribution in [3.8, 4) is 0 Å². The van der Waals surface area contributed by atoms with Crippen LogP contribution in [0.5, 0.6) is 0 Å². The molecule has 0 aliphatic carbocycles. The van der Waals surface area contributed by atoms with Gasteiger partial charge in [0.25, 0.3) is 5.69 Å². The summed E-state index contributed by atoms with van der Waals surface area (Å²) in [6.07, 6.45) is 0. The minimum Gasteiger partial charge on any atom is -0.308 e. The largest absolute Gasteiger partial charge is 0.308 e. The fourth-order valence-corrected chi connectivity index (χ4v) is 1.28. The van der Waals surface area contributed by atoms with Crippen LogP contribution in [0.4, 0.5) is 10.1 Å². The predicted molar refractivity (Wildman–Crippen MR) is 59.8 cm³/mol. The predicted octanol–water partition coefficient (Wildman–Crippen LogP) is 2.58. The maximum atomic E-state index is 13.0. The first-order chi connectivity index (χ1) is 7.49. The van der Waals surface area contributed by atoms with E-state index in [1.54, 1.807) is 0 Å². The van der Waals surface area contributed by atoms with Gasteiger partial charge in [-0.2, -0.15) is 0 Å². The summed E-state index contributed by atoms with van der Waals surface area (Å²) in [5.41, 5.74) is 0.228. The van der Waals surface area contributed by atoms with E-state index in [-0.39, 0.29) is 5.69 Å². The molecule has 0 saturated carbocycles. The smallest absolute Gasteiger partial charge is 0.272 e. The third kappa shape index (κ3) is 3.96. The van der Waals surface area contributed by atoms with Gasteiger partial charge in [-0.15, -0.1) is 0 Å². The molecule has 0 spiro atoms. The van der Waals surface area contributed by atoms with Crippen LogP contribution in [0.3, 0.4) is 0 Å². The van der Waals surface area contributed by atoms with Crippen molar-refractivity contribution in [2.24, 2.45) is 0 Å². The van der Waals surface area contributed by atoms with Crippen molar-refractivity contribution in [3.63, 3.8) is 0 Å². The minimum atomic E-state index is -0.632. The van der Waals surface area contributed by atoms with E-state index in [4.69, 9.17) is 11.6 Å². The Balaban J connectivity index is 2.72. The molecule has 86 valence electrons. The summed E-state index contributed by atoms with van der Waals surface area (Å²) in [7, 11) is 0. The fourth-order valence-electron chi connectivity index (χ4n) is 1.18. The van der Waals surface area contributed by atoms with E-state index in [9.17, 15) is 14.5 Å². The van der Waals surface area contributed by atoms with E-state index in [2.05, 4.69) is 11.9 Å². The molecule has 0 heterocycles. The Morgan fingerprint density at radius 2 is 2.25 bits per heavy atom. The van der Waals surface area contributed by atoms with Crippen LogP contribution in [0, 0.1) is 15.9 Å². The molecule has 0 aliphatic heterocycles. The van der Waals surface area contributed by atoms with E-state index in [0.717, 1.165) is 6.07 Å². The molecule has 16 heavy (non-hydrogen) atoms. The highest BCUT2D eigenvalue weighted by atomic mass is 35.5. The van der Waals surface area contributed by atoms with Crippen molar-refractivity contribution in [1.29, 1.82) is 0 Å². The van der Waals surface area contributed by atoms with Crippen LogP contribution in [0.15, 0.2) is 29.8 Å². The monoisotopic (exact) mass is 244 g/mol. The van der Waals surface area contributed by atoms with Gasteiger partial charge in [-0.05, 0) is 11.6 Å². The third-order valence-electron chi connectivity index (χ3n) is 1.80. The molecule has 0 saturated heterocycles. The molecule has 0 atom stereocenters. The summed E-state index contributed by atoms with van der Waals surface area (Å²) in [4.78, 5) is 9.84. The lowest BCUT2D eigenvalue weighted by Gasteiger charge is -2.03. The van der Waals surface area contributed by atoms with E-state index in [1.807, 2.05) is 0 Å². The maximum absolute atomic E-state index is 13.0. The summed E-state index contributed by atoms with van der Waals surface area (Å²) in [5, 5.41) is 13.8. The summed E-state index contributed by atoms with van der Waals surface area (Å²) >= 11 is 5.52. The van der Waals surface area contributed by atoms with Crippen molar-refractivity contribution in [3.05, 3.63) is 51.3 Å². The Bertz CT molecular complexity index is 423. The highest BCUT2D eigenvalue weighted by Gasteiger charge is 2.09. The highest BCUT2D eigenvalue weighted by molar-refractivity contribution is 6.29. The number of nitro benzene ring substituents is 1. The first-order valence-corrected chi connectivity index (χ1v) is 4.84.